The number of Topliss-reactive ketones (excluding diaryl/α,β-unsaturated/α-hetero) is 1. The van der Waals surface area contributed by atoms with E-state index in [0.29, 0.717) is 12.8 Å². The Morgan fingerprint density at radius 3 is 2.45 bits per heavy atom. The summed E-state index contributed by atoms with van der Waals surface area (Å²) >= 11 is 0. The molecular weight excluding hydrogens is 271 g/mol. The van der Waals surface area contributed by atoms with Crippen LogP contribution in [0.2, 0.25) is 0 Å². The number of halogens is 3. The van der Waals surface area contributed by atoms with Gasteiger partial charge in [-0.25, -0.2) is 0 Å². The molecular formula is C14H10F3NO2. The van der Waals surface area contributed by atoms with Crippen LogP contribution in [0.5, 0.6) is 0 Å². The van der Waals surface area contributed by atoms with Crippen molar-refractivity contribution in [3.8, 4) is 0 Å². The van der Waals surface area contributed by atoms with Gasteiger partial charge >= 0.3 is 6.18 Å². The number of fused-ring (bicyclic) bond motifs is 1. The Bertz CT molecular complexity index is 659. The summed E-state index contributed by atoms with van der Waals surface area (Å²) < 4.78 is 39.2. The quantitative estimate of drug-likeness (QED) is 0.742. The van der Waals surface area contributed by atoms with Crippen LogP contribution in [0.25, 0.3) is 5.57 Å². The third kappa shape index (κ3) is 1.83. The third-order valence-electron chi connectivity index (χ3n) is 3.56. The number of carbonyl (C=O) groups excluding carboxylic acids is 2. The van der Waals surface area contributed by atoms with Gasteiger partial charge in [0.05, 0.1) is 11.1 Å². The smallest absolute Gasteiger partial charge is 0.321 e. The average molecular weight is 281 g/mol. The highest BCUT2D eigenvalue weighted by molar-refractivity contribution is 6.36. The van der Waals surface area contributed by atoms with Crippen LogP contribution in [0.4, 0.5) is 18.9 Å². The van der Waals surface area contributed by atoms with Gasteiger partial charge in [0.2, 0.25) is 0 Å². The monoisotopic (exact) mass is 281 g/mol. The summed E-state index contributed by atoms with van der Waals surface area (Å²) in [5.74, 6) is -0.859. The van der Waals surface area contributed by atoms with E-state index in [1.165, 1.54) is 12.1 Å². The highest BCUT2D eigenvalue weighted by atomic mass is 19.4. The van der Waals surface area contributed by atoms with E-state index in [1.54, 1.807) is 0 Å². The van der Waals surface area contributed by atoms with Crippen LogP contribution in [0.3, 0.4) is 0 Å². The van der Waals surface area contributed by atoms with E-state index >= 15 is 0 Å². The van der Waals surface area contributed by atoms with Crippen molar-refractivity contribution >= 4 is 23.0 Å². The number of nitrogens with one attached hydrogen (secondary N) is 1. The lowest BCUT2D eigenvalue weighted by Gasteiger charge is -2.12. The SMILES string of the molecule is O=C1CCC/C1=C1\C(=O)Nc2cccc(C(F)(F)F)c21. The number of carbonyl (C=O) groups is 2. The zero-order valence-electron chi connectivity index (χ0n) is 10.3. The largest absolute Gasteiger partial charge is 0.417 e. The molecule has 1 aliphatic heterocycles. The zero-order chi connectivity index (χ0) is 14.5. The molecule has 1 N–H and O–H groups in total. The number of anilines is 1. The number of amides is 1. The minimum Gasteiger partial charge on any atom is -0.321 e. The summed E-state index contributed by atoms with van der Waals surface area (Å²) in [7, 11) is 0. The molecule has 104 valence electrons. The standard InChI is InChI=1S/C14H10F3NO2/c15-14(16,17)8-4-2-5-9-12(8)11(13(20)18-9)7-3-1-6-10(7)19/h2,4-5H,1,3,6H2,(H,18,20)/b11-7+. The van der Waals surface area contributed by atoms with Gasteiger partial charge in [0.1, 0.15) is 0 Å². The second kappa shape index (κ2) is 4.19. The highest BCUT2D eigenvalue weighted by Gasteiger charge is 2.41. The molecule has 3 nitrogen and oxygen atoms in total. The number of allylic oxidation sites excluding steroid dienone is 1. The fourth-order valence-corrected chi connectivity index (χ4v) is 2.73. The molecule has 2 aliphatic rings. The van der Waals surface area contributed by atoms with Crippen molar-refractivity contribution in [2.24, 2.45) is 0 Å². The number of rotatable bonds is 0. The zero-order valence-corrected chi connectivity index (χ0v) is 10.3. The molecule has 1 fully saturated rings. The Labute approximate surface area is 112 Å². The topological polar surface area (TPSA) is 46.2 Å². The van der Waals surface area contributed by atoms with Gasteiger partial charge in [-0.1, -0.05) is 6.07 Å². The van der Waals surface area contributed by atoms with E-state index in [0.717, 1.165) is 6.07 Å². The van der Waals surface area contributed by atoms with Crippen molar-refractivity contribution in [1.29, 1.82) is 0 Å². The summed E-state index contributed by atoms with van der Waals surface area (Å²) in [4.78, 5) is 23.7. The molecule has 20 heavy (non-hydrogen) atoms. The molecule has 1 aromatic rings. The Hall–Kier alpha value is -2.11. The lowest BCUT2D eigenvalue weighted by atomic mass is 9.95. The second-order valence-corrected chi connectivity index (χ2v) is 4.81. The van der Waals surface area contributed by atoms with E-state index in [9.17, 15) is 22.8 Å². The second-order valence-electron chi connectivity index (χ2n) is 4.81. The molecule has 1 aromatic carbocycles. The van der Waals surface area contributed by atoms with Gasteiger partial charge in [0.25, 0.3) is 5.91 Å². The number of alkyl halides is 3. The summed E-state index contributed by atoms with van der Waals surface area (Å²) in [6, 6.07) is 3.58. The Morgan fingerprint density at radius 1 is 1.10 bits per heavy atom. The first-order valence-corrected chi connectivity index (χ1v) is 6.18. The fraction of sp³-hybridized carbons (Fsp3) is 0.286. The number of hydrogen-bond donors (Lipinski definition) is 1. The van der Waals surface area contributed by atoms with Gasteiger partial charge in [-0.05, 0) is 25.0 Å². The predicted octanol–water partition coefficient (Wildman–Crippen LogP) is 3.16. The molecule has 0 bridgehead atoms. The van der Waals surface area contributed by atoms with Gasteiger partial charge in [-0.15, -0.1) is 0 Å². The lowest BCUT2D eigenvalue weighted by Crippen LogP contribution is -2.11. The van der Waals surface area contributed by atoms with Crippen molar-refractivity contribution in [2.45, 2.75) is 25.4 Å². The van der Waals surface area contributed by atoms with Gasteiger partial charge in [-0.3, -0.25) is 9.59 Å². The molecule has 0 unspecified atom stereocenters. The van der Waals surface area contributed by atoms with E-state index < -0.39 is 17.6 Å². The molecule has 0 aromatic heterocycles. The molecule has 1 aliphatic carbocycles. The first-order valence-electron chi connectivity index (χ1n) is 6.18. The Balaban J connectivity index is 2.29. The van der Waals surface area contributed by atoms with Crippen LogP contribution < -0.4 is 5.32 Å². The van der Waals surface area contributed by atoms with Gasteiger partial charge in [0, 0.05) is 23.2 Å². The van der Waals surface area contributed by atoms with Gasteiger partial charge < -0.3 is 5.32 Å². The highest BCUT2D eigenvalue weighted by Crippen LogP contribution is 2.44. The van der Waals surface area contributed by atoms with Crippen LogP contribution in [0.15, 0.2) is 23.8 Å². The minimum atomic E-state index is -4.56. The molecule has 0 saturated heterocycles. The maximum atomic E-state index is 13.1. The van der Waals surface area contributed by atoms with E-state index in [1.807, 2.05) is 0 Å². The molecule has 1 saturated carbocycles. The van der Waals surface area contributed by atoms with E-state index in [2.05, 4.69) is 5.32 Å². The van der Waals surface area contributed by atoms with Gasteiger partial charge in [-0.2, -0.15) is 13.2 Å². The Kier molecular flexibility index (Phi) is 2.70. The van der Waals surface area contributed by atoms with Gasteiger partial charge in [0.15, 0.2) is 5.78 Å². The lowest BCUT2D eigenvalue weighted by molar-refractivity contribution is -0.137. The fourth-order valence-electron chi connectivity index (χ4n) is 2.73. The summed E-state index contributed by atoms with van der Waals surface area (Å²) in [5, 5.41) is 2.41. The molecule has 0 radical (unpaired) electrons. The number of ketones is 1. The van der Waals surface area contributed by atoms with E-state index in [4.69, 9.17) is 0 Å². The molecule has 1 heterocycles. The predicted molar refractivity (Wildman–Crippen MR) is 65.9 cm³/mol. The van der Waals surface area contributed by atoms with Crippen molar-refractivity contribution in [3.05, 3.63) is 34.9 Å². The van der Waals surface area contributed by atoms with Crippen molar-refractivity contribution < 1.29 is 22.8 Å². The normalized spacial score (nSPS) is 22.1. The van der Waals surface area contributed by atoms with Crippen molar-refractivity contribution in [2.75, 3.05) is 5.32 Å². The number of hydrogen-bond acceptors (Lipinski definition) is 2. The summed E-state index contributed by atoms with van der Waals surface area (Å²) in [5.41, 5.74) is -0.828. The van der Waals surface area contributed by atoms with E-state index in [-0.39, 0.29) is 34.6 Å². The molecule has 3 rings (SSSR count). The summed E-state index contributed by atoms with van der Waals surface area (Å²) in [6.07, 6.45) is -3.34. The molecule has 6 heteroatoms. The average Bonchev–Trinajstić information content (AvgIpc) is 2.89. The maximum Gasteiger partial charge on any atom is 0.417 e. The first-order chi connectivity index (χ1) is 9.39. The van der Waals surface area contributed by atoms with Crippen molar-refractivity contribution in [1.82, 2.24) is 0 Å². The van der Waals surface area contributed by atoms with Crippen molar-refractivity contribution in [3.63, 3.8) is 0 Å². The maximum absolute atomic E-state index is 13.1. The first kappa shape index (κ1) is 12.9. The van der Waals surface area contributed by atoms with Crippen LogP contribution in [-0.2, 0) is 15.8 Å². The molecule has 1 amide bonds. The van der Waals surface area contributed by atoms with Crippen LogP contribution in [-0.4, -0.2) is 11.7 Å². The van der Waals surface area contributed by atoms with Crippen LogP contribution >= 0.6 is 0 Å². The molecule has 0 atom stereocenters. The summed E-state index contributed by atoms with van der Waals surface area (Å²) in [6.45, 7) is 0. The van der Waals surface area contributed by atoms with Crippen LogP contribution in [0, 0.1) is 0 Å². The van der Waals surface area contributed by atoms with Crippen LogP contribution in [0.1, 0.15) is 30.4 Å². The number of benzene rings is 1. The molecule has 0 spiro atoms. The minimum absolute atomic E-state index is 0.101. The third-order valence-corrected chi connectivity index (χ3v) is 3.56. The Morgan fingerprint density at radius 2 is 1.85 bits per heavy atom.